The zero-order valence-corrected chi connectivity index (χ0v) is 11.2. The number of hydrogen-bond acceptors (Lipinski definition) is 3. The molecule has 0 aliphatic carbocycles. The number of sulfone groups is 1. The van der Waals surface area contributed by atoms with Gasteiger partial charge in [0.25, 0.3) is 0 Å². The lowest BCUT2D eigenvalue weighted by Gasteiger charge is -2.33. The fraction of sp³-hybridized carbons (Fsp3) is 0.900. The van der Waals surface area contributed by atoms with E-state index in [9.17, 15) is 13.2 Å². The molecule has 0 unspecified atom stereocenters. The summed E-state index contributed by atoms with van der Waals surface area (Å²) >= 11 is 5.56. The van der Waals surface area contributed by atoms with Crippen molar-refractivity contribution in [1.82, 2.24) is 4.90 Å². The molecule has 0 aromatic rings. The van der Waals surface area contributed by atoms with Crippen LogP contribution in [-0.4, -0.2) is 48.7 Å². The van der Waals surface area contributed by atoms with Crippen LogP contribution in [0.4, 0.5) is 0 Å². The van der Waals surface area contributed by atoms with Crippen LogP contribution in [0.25, 0.3) is 0 Å². The summed E-state index contributed by atoms with van der Waals surface area (Å²) in [5.74, 6) is 0.0132. The van der Waals surface area contributed by atoms with E-state index in [1.165, 1.54) is 0 Å². The average molecular weight is 268 g/mol. The molecule has 6 heteroatoms. The number of carbonyl (C=O) groups excluding carboxylic acids is 1. The summed E-state index contributed by atoms with van der Waals surface area (Å²) in [6.45, 7) is 3.90. The largest absolute Gasteiger partial charge is 0.335 e. The summed E-state index contributed by atoms with van der Waals surface area (Å²) in [6, 6.07) is -0.143. The number of halogens is 1. The molecule has 0 aromatic heterocycles. The summed E-state index contributed by atoms with van der Waals surface area (Å²) in [6.07, 6.45) is 1.34. The highest BCUT2D eigenvalue weighted by molar-refractivity contribution is 7.91. The van der Waals surface area contributed by atoms with E-state index in [1.807, 2.05) is 13.8 Å². The summed E-state index contributed by atoms with van der Waals surface area (Å²) in [4.78, 5) is 13.4. The Hall–Kier alpha value is -0.290. The third-order valence-corrected chi connectivity index (χ3v) is 5.05. The highest BCUT2D eigenvalue weighted by Crippen LogP contribution is 2.21. The molecular weight excluding hydrogens is 250 g/mol. The second-order valence-electron chi connectivity index (χ2n) is 4.25. The minimum Gasteiger partial charge on any atom is -0.335 e. The third-order valence-electron chi connectivity index (χ3n) is 3.07. The first-order valence-electron chi connectivity index (χ1n) is 5.48. The van der Waals surface area contributed by atoms with Crippen molar-refractivity contribution in [1.29, 1.82) is 0 Å². The lowest BCUT2D eigenvalue weighted by molar-refractivity contribution is -0.132. The van der Waals surface area contributed by atoms with Crippen LogP contribution in [-0.2, 0) is 14.6 Å². The molecular formula is C10H18ClNO3S. The molecule has 0 saturated carbocycles. The first kappa shape index (κ1) is 13.8. The van der Waals surface area contributed by atoms with E-state index >= 15 is 0 Å². The lowest BCUT2D eigenvalue weighted by atomic mass is 10.1. The Kier molecular flexibility index (Phi) is 4.62. The topological polar surface area (TPSA) is 54.5 Å². The van der Waals surface area contributed by atoms with Crippen molar-refractivity contribution in [3.8, 4) is 0 Å². The predicted molar refractivity (Wildman–Crippen MR) is 64.4 cm³/mol. The standard InChI is InChI=1S/C10H18ClNO3S/c1-3-8(2)12(10(13)6-11)9-4-5-16(14,15)7-9/h8-9H,3-7H2,1-2H3/t8-,9+/m1/s1. The average Bonchev–Trinajstić information content (AvgIpc) is 2.58. The molecule has 1 rings (SSSR count). The monoisotopic (exact) mass is 267 g/mol. The minimum atomic E-state index is -2.96. The summed E-state index contributed by atoms with van der Waals surface area (Å²) in [7, 11) is -2.96. The van der Waals surface area contributed by atoms with E-state index in [1.54, 1.807) is 4.90 Å². The summed E-state index contributed by atoms with van der Waals surface area (Å²) < 4.78 is 22.8. The molecule has 1 fully saturated rings. The van der Waals surface area contributed by atoms with E-state index in [4.69, 9.17) is 11.6 Å². The molecule has 2 atom stereocenters. The highest BCUT2D eigenvalue weighted by Gasteiger charge is 2.36. The van der Waals surface area contributed by atoms with Crippen LogP contribution in [0.3, 0.4) is 0 Å². The van der Waals surface area contributed by atoms with Gasteiger partial charge < -0.3 is 4.90 Å². The van der Waals surface area contributed by atoms with Gasteiger partial charge in [-0.1, -0.05) is 6.92 Å². The second kappa shape index (κ2) is 5.36. The fourth-order valence-corrected chi connectivity index (χ4v) is 3.92. The van der Waals surface area contributed by atoms with Gasteiger partial charge in [0.1, 0.15) is 5.88 Å². The normalized spacial score (nSPS) is 25.3. The Bertz CT molecular complexity index is 355. The van der Waals surface area contributed by atoms with Crippen LogP contribution in [0, 0.1) is 0 Å². The Balaban J connectivity index is 2.82. The minimum absolute atomic E-state index is 0.0459. The second-order valence-corrected chi connectivity index (χ2v) is 6.74. The Morgan fingerprint density at radius 2 is 2.19 bits per heavy atom. The molecule has 1 amide bonds. The molecule has 4 nitrogen and oxygen atoms in total. The SMILES string of the molecule is CC[C@@H](C)N(C(=O)CCl)[C@H]1CCS(=O)(=O)C1. The van der Waals surface area contributed by atoms with Crippen molar-refractivity contribution in [3.63, 3.8) is 0 Å². The van der Waals surface area contributed by atoms with Gasteiger partial charge in [-0.15, -0.1) is 11.6 Å². The number of hydrogen-bond donors (Lipinski definition) is 0. The quantitative estimate of drug-likeness (QED) is 0.715. The number of amides is 1. The predicted octanol–water partition coefficient (Wildman–Crippen LogP) is 1.04. The van der Waals surface area contributed by atoms with E-state index in [0.717, 1.165) is 6.42 Å². The van der Waals surface area contributed by atoms with Gasteiger partial charge in [0.05, 0.1) is 11.5 Å². The number of rotatable bonds is 4. The van der Waals surface area contributed by atoms with Crippen molar-refractivity contribution >= 4 is 27.3 Å². The van der Waals surface area contributed by atoms with Crippen LogP contribution in [0.1, 0.15) is 26.7 Å². The van der Waals surface area contributed by atoms with Gasteiger partial charge in [-0.3, -0.25) is 4.79 Å². The molecule has 0 bridgehead atoms. The fourth-order valence-electron chi connectivity index (χ4n) is 2.07. The molecule has 1 aliphatic rings. The van der Waals surface area contributed by atoms with Gasteiger partial charge in [0.15, 0.2) is 9.84 Å². The van der Waals surface area contributed by atoms with Gasteiger partial charge in [0.2, 0.25) is 5.91 Å². The number of alkyl halides is 1. The van der Waals surface area contributed by atoms with Crippen LogP contribution >= 0.6 is 11.6 Å². The van der Waals surface area contributed by atoms with Gasteiger partial charge in [-0.25, -0.2) is 8.42 Å². The Morgan fingerprint density at radius 3 is 2.56 bits per heavy atom. The van der Waals surface area contributed by atoms with Crippen molar-refractivity contribution in [2.24, 2.45) is 0 Å². The maximum Gasteiger partial charge on any atom is 0.238 e. The summed E-state index contributed by atoms with van der Waals surface area (Å²) in [5.41, 5.74) is 0. The third kappa shape index (κ3) is 3.10. The van der Waals surface area contributed by atoms with E-state index in [-0.39, 0.29) is 35.4 Å². The van der Waals surface area contributed by atoms with Crippen molar-refractivity contribution < 1.29 is 13.2 Å². The molecule has 16 heavy (non-hydrogen) atoms. The van der Waals surface area contributed by atoms with Crippen molar-refractivity contribution in [2.45, 2.75) is 38.8 Å². The number of carbonyl (C=O) groups is 1. The molecule has 94 valence electrons. The van der Waals surface area contributed by atoms with E-state index in [2.05, 4.69) is 0 Å². The molecule has 0 aromatic carbocycles. The molecule has 0 spiro atoms. The zero-order chi connectivity index (χ0) is 12.3. The first-order chi connectivity index (χ1) is 7.41. The van der Waals surface area contributed by atoms with Gasteiger partial charge >= 0.3 is 0 Å². The Labute approximate surface area is 102 Å². The lowest BCUT2D eigenvalue weighted by Crippen LogP contribution is -2.47. The van der Waals surface area contributed by atoms with Crippen molar-refractivity contribution in [2.75, 3.05) is 17.4 Å². The van der Waals surface area contributed by atoms with Crippen LogP contribution in [0.2, 0.25) is 0 Å². The van der Waals surface area contributed by atoms with Crippen LogP contribution in [0.15, 0.2) is 0 Å². The molecule has 1 heterocycles. The van der Waals surface area contributed by atoms with Crippen molar-refractivity contribution in [3.05, 3.63) is 0 Å². The maximum atomic E-state index is 11.7. The number of nitrogens with zero attached hydrogens (tertiary/aromatic N) is 1. The molecule has 1 aliphatic heterocycles. The molecule has 0 radical (unpaired) electrons. The van der Waals surface area contributed by atoms with Crippen LogP contribution < -0.4 is 0 Å². The molecule has 0 N–H and O–H groups in total. The first-order valence-corrected chi connectivity index (χ1v) is 7.84. The van der Waals surface area contributed by atoms with Crippen LogP contribution in [0.5, 0.6) is 0 Å². The highest BCUT2D eigenvalue weighted by atomic mass is 35.5. The Morgan fingerprint density at radius 1 is 1.56 bits per heavy atom. The van der Waals surface area contributed by atoms with Gasteiger partial charge in [-0.05, 0) is 19.8 Å². The maximum absolute atomic E-state index is 11.7. The zero-order valence-electron chi connectivity index (χ0n) is 9.65. The van der Waals surface area contributed by atoms with Gasteiger partial charge in [-0.2, -0.15) is 0 Å². The molecule has 1 saturated heterocycles. The van der Waals surface area contributed by atoms with Gasteiger partial charge in [0, 0.05) is 12.1 Å². The summed E-state index contributed by atoms with van der Waals surface area (Å²) in [5, 5.41) is 0. The van der Waals surface area contributed by atoms with E-state index in [0.29, 0.717) is 6.42 Å². The van der Waals surface area contributed by atoms with E-state index < -0.39 is 9.84 Å². The smallest absolute Gasteiger partial charge is 0.238 e.